The van der Waals surface area contributed by atoms with E-state index < -0.39 is 0 Å². The molecule has 0 aliphatic rings. The van der Waals surface area contributed by atoms with Crippen LogP contribution >= 0.6 is 0 Å². The molecule has 0 aliphatic carbocycles. The number of carbonyl (C=O) groups is 1. The van der Waals surface area contributed by atoms with Crippen LogP contribution in [-0.4, -0.2) is 26.7 Å². The third-order valence-corrected chi connectivity index (χ3v) is 3.60. The van der Waals surface area contributed by atoms with Crippen LogP contribution in [0.4, 0.5) is 5.69 Å². The van der Waals surface area contributed by atoms with Gasteiger partial charge >= 0.3 is 0 Å². The Labute approximate surface area is 142 Å². The molecular formula is C19H23NO4. The van der Waals surface area contributed by atoms with Crippen molar-refractivity contribution >= 4 is 11.6 Å². The Kier molecular flexibility index (Phi) is 6.07. The van der Waals surface area contributed by atoms with Gasteiger partial charge in [0.15, 0.2) is 0 Å². The van der Waals surface area contributed by atoms with Gasteiger partial charge in [0.2, 0.25) is 5.91 Å². The summed E-state index contributed by atoms with van der Waals surface area (Å²) in [5, 5.41) is 2.87. The zero-order valence-corrected chi connectivity index (χ0v) is 14.5. The first-order valence-corrected chi connectivity index (χ1v) is 7.81. The van der Waals surface area contributed by atoms with Gasteiger partial charge in [-0.1, -0.05) is 0 Å². The second kappa shape index (κ2) is 8.24. The molecule has 5 nitrogen and oxygen atoms in total. The number of hydrogen-bond donors (Lipinski definition) is 1. The summed E-state index contributed by atoms with van der Waals surface area (Å²) < 4.78 is 16.1. The van der Waals surface area contributed by atoms with Crippen molar-refractivity contribution in [3.8, 4) is 17.2 Å². The molecule has 0 bridgehead atoms. The molecule has 2 aromatic rings. The Hall–Kier alpha value is -2.69. The number of methoxy groups -OCH3 is 2. The fourth-order valence-corrected chi connectivity index (χ4v) is 2.43. The van der Waals surface area contributed by atoms with E-state index in [0.717, 1.165) is 28.3 Å². The molecule has 0 heterocycles. The fraction of sp³-hybridized carbons (Fsp3) is 0.316. The summed E-state index contributed by atoms with van der Waals surface area (Å²) in [6, 6.07) is 11.0. The van der Waals surface area contributed by atoms with Gasteiger partial charge in [-0.3, -0.25) is 4.79 Å². The summed E-state index contributed by atoms with van der Waals surface area (Å²) in [5.41, 5.74) is 2.47. The van der Waals surface area contributed by atoms with E-state index >= 15 is 0 Å². The lowest BCUT2D eigenvalue weighted by molar-refractivity contribution is -0.115. The molecule has 0 saturated heterocycles. The second-order valence-corrected chi connectivity index (χ2v) is 5.32. The molecule has 0 unspecified atom stereocenters. The van der Waals surface area contributed by atoms with Gasteiger partial charge in [0.25, 0.3) is 0 Å². The van der Waals surface area contributed by atoms with Crippen molar-refractivity contribution in [2.24, 2.45) is 0 Å². The first-order valence-electron chi connectivity index (χ1n) is 7.81. The zero-order valence-electron chi connectivity index (χ0n) is 14.5. The molecule has 0 atom stereocenters. The van der Waals surface area contributed by atoms with Crippen molar-refractivity contribution in [3.63, 3.8) is 0 Å². The number of hydrogen-bond acceptors (Lipinski definition) is 4. The molecule has 0 aromatic heterocycles. The third-order valence-electron chi connectivity index (χ3n) is 3.60. The smallest absolute Gasteiger partial charge is 0.228 e. The predicted octanol–water partition coefficient (Wildman–Crippen LogP) is 3.59. The molecule has 2 rings (SSSR count). The van der Waals surface area contributed by atoms with E-state index in [1.165, 1.54) is 0 Å². The molecule has 0 saturated carbocycles. The molecule has 24 heavy (non-hydrogen) atoms. The number of carbonyl (C=O) groups excluding carboxylic acids is 1. The van der Waals surface area contributed by atoms with Gasteiger partial charge in [0.1, 0.15) is 17.2 Å². The lowest BCUT2D eigenvalue weighted by Gasteiger charge is -2.13. The van der Waals surface area contributed by atoms with Crippen LogP contribution in [0.25, 0.3) is 0 Å². The van der Waals surface area contributed by atoms with E-state index in [1.807, 2.05) is 50.2 Å². The first-order chi connectivity index (χ1) is 11.6. The van der Waals surface area contributed by atoms with Gasteiger partial charge in [-0.2, -0.15) is 0 Å². The van der Waals surface area contributed by atoms with Crippen LogP contribution in [0.1, 0.15) is 18.1 Å². The summed E-state index contributed by atoms with van der Waals surface area (Å²) in [6.07, 6.45) is 0.201. The summed E-state index contributed by atoms with van der Waals surface area (Å²) in [4.78, 5) is 12.3. The van der Waals surface area contributed by atoms with Gasteiger partial charge in [-0.05, 0) is 55.8 Å². The lowest BCUT2D eigenvalue weighted by Crippen LogP contribution is -2.15. The number of amides is 1. The van der Waals surface area contributed by atoms with Crippen molar-refractivity contribution in [1.29, 1.82) is 0 Å². The van der Waals surface area contributed by atoms with Gasteiger partial charge in [0, 0.05) is 11.3 Å². The Balaban J connectivity index is 2.09. The van der Waals surface area contributed by atoms with E-state index in [1.54, 1.807) is 14.2 Å². The normalized spacial score (nSPS) is 10.2. The van der Waals surface area contributed by atoms with E-state index in [4.69, 9.17) is 14.2 Å². The number of rotatable bonds is 7. The Morgan fingerprint density at radius 2 is 1.71 bits per heavy atom. The van der Waals surface area contributed by atoms with Gasteiger partial charge in [-0.25, -0.2) is 0 Å². The minimum atomic E-state index is -0.122. The number of ether oxygens (including phenoxy) is 3. The third kappa shape index (κ3) is 4.41. The summed E-state index contributed by atoms with van der Waals surface area (Å²) in [5.74, 6) is 2.07. The molecule has 0 spiro atoms. The average molecular weight is 329 g/mol. The molecule has 128 valence electrons. The summed E-state index contributed by atoms with van der Waals surface area (Å²) in [6.45, 7) is 4.48. The average Bonchev–Trinajstić information content (AvgIpc) is 2.58. The maximum atomic E-state index is 12.3. The van der Waals surface area contributed by atoms with Crippen LogP contribution in [0.5, 0.6) is 17.2 Å². The molecular weight excluding hydrogens is 306 g/mol. The van der Waals surface area contributed by atoms with Crippen LogP contribution in [0.3, 0.4) is 0 Å². The second-order valence-electron chi connectivity index (χ2n) is 5.32. The number of aryl methyl sites for hydroxylation is 1. The highest BCUT2D eigenvalue weighted by molar-refractivity contribution is 5.92. The molecule has 1 N–H and O–H groups in total. The van der Waals surface area contributed by atoms with Crippen LogP contribution in [0, 0.1) is 6.92 Å². The van der Waals surface area contributed by atoms with Gasteiger partial charge < -0.3 is 19.5 Å². The standard InChI is InChI=1S/C19H23NO4/c1-5-24-16-8-6-15(7-9-16)20-19(21)12-14-11-17(22-3)13(2)10-18(14)23-4/h6-11H,5,12H2,1-4H3,(H,20,21). The Bertz CT molecular complexity index is 695. The summed E-state index contributed by atoms with van der Waals surface area (Å²) >= 11 is 0. The molecule has 0 aliphatic heterocycles. The zero-order chi connectivity index (χ0) is 17.5. The highest BCUT2D eigenvalue weighted by atomic mass is 16.5. The highest BCUT2D eigenvalue weighted by Gasteiger charge is 2.12. The van der Waals surface area contributed by atoms with Crippen molar-refractivity contribution in [1.82, 2.24) is 0 Å². The van der Waals surface area contributed by atoms with E-state index in [-0.39, 0.29) is 12.3 Å². The van der Waals surface area contributed by atoms with Crippen LogP contribution < -0.4 is 19.5 Å². The SMILES string of the molecule is CCOc1ccc(NC(=O)Cc2cc(OC)c(C)cc2OC)cc1. The number of benzene rings is 2. The van der Waals surface area contributed by atoms with Crippen molar-refractivity contribution in [3.05, 3.63) is 47.5 Å². The highest BCUT2D eigenvalue weighted by Crippen LogP contribution is 2.28. The molecule has 0 fully saturated rings. The van der Waals surface area contributed by atoms with Crippen molar-refractivity contribution in [2.75, 3.05) is 26.1 Å². The van der Waals surface area contributed by atoms with Crippen molar-refractivity contribution in [2.45, 2.75) is 20.3 Å². The minimum absolute atomic E-state index is 0.122. The first kappa shape index (κ1) is 17.7. The largest absolute Gasteiger partial charge is 0.496 e. The van der Waals surface area contributed by atoms with Gasteiger partial charge in [-0.15, -0.1) is 0 Å². The number of nitrogens with one attached hydrogen (secondary N) is 1. The van der Waals surface area contributed by atoms with E-state index in [2.05, 4.69) is 5.32 Å². The van der Waals surface area contributed by atoms with E-state index in [0.29, 0.717) is 12.4 Å². The monoisotopic (exact) mass is 329 g/mol. The van der Waals surface area contributed by atoms with E-state index in [9.17, 15) is 4.79 Å². The minimum Gasteiger partial charge on any atom is -0.496 e. The Morgan fingerprint density at radius 3 is 2.29 bits per heavy atom. The number of anilines is 1. The molecule has 0 radical (unpaired) electrons. The molecule has 5 heteroatoms. The van der Waals surface area contributed by atoms with Crippen molar-refractivity contribution < 1.29 is 19.0 Å². The lowest BCUT2D eigenvalue weighted by atomic mass is 10.1. The van der Waals surface area contributed by atoms with Crippen LogP contribution in [0.2, 0.25) is 0 Å². The quantitative estimate of drug-likeness (QED) is 0.843. The van der Waals surface area contributed by atoms with Gasteiger partial charge in [0.05, 0.1) is 27.2 Å². The summed E-state index contributed by atoms with van der Waals surface area (Å²) in [7, 11) is 3.20. The van der Waals surface area contributed by atoms with Crippen LogP contribution in [0.15, 0.2) is 36.4 Å². The molecule has 2 aromatic carbocycles. The maximum absolute atomic E-state index is 12.3. The topological polar surface area (TPSA) is 56.8 Å². The maximum Gasteiger partial charge on any atom is 0.228 e. The Morgan fingerprint density at radius 1 is 1.04 bits per heavy atom. The fourth-order valence-electron chi connectivity index (χ4n) is 2.43. The molecule has 1 amide bonds. The van der Waals surface area contributed by atoms with Crippen LogP contribution in [-0.2, 0) is 11.2 Å². The predicted molar refractivity (Wildman–Crippen MR) is 94.2 cm³/mol.